The lowest BCUT2D eigenvalue weighted by molar-refractivity contribution is 0.102. The molecule has 19 heavy (non-hydrogen) atoms. The van der Waals surface area contributed by atoms with E-state index in [1.807, 2.05) is 0 Å². The minimum atomic E-state index is 0.153. The maximum absolute atomic E-state index is 12.2. The lowest BCUT2D eigenvalue weighted by atomic mass is 9.83. The van der Waals surface area contributed by atoms with Crippen LogP contribution in [0, 0.1) is 0 Å². The molecule has 0 aromatic heterocycles. The lowest BCUT2D eigenvalue weighted by Gasteiger charge is -2.22. The van der Waals surface area contributed by atoms with Crippen LogP contribution < -0.4 is 0 Å². The first-order valence-corrected chi connectivity index (χ1v) is 8.99. The van der Waals surface area contributed by atoms with Crippen LogP contribution >= 0.6 is 0 Å². The summed E-state index contributed by atoms with van der Waals surface area (Å²) in [6, 6.07) is 6.78. The highest BCUT2D eigenvalue weighted by atomic mass is 32.2. The van der Waals surface area contributed by atoms with Crippen molar-refractivity contribution in [2.45, 2.75) is 62.0 Å². The molecule has 1 aromatic rings. The van der Waals surface area contributed by atoms with E-state index in [9.17, 15) is 4.79 Å². The van der Waals surface area contributed by atoms with E-state index >= 15 is 0 Å². The van der Waals surface area contributed by atoms with E-state index in [-0.39, 0.29) is 10.9 Å². The molecule has 102 valence electrons. The second-order valence-corrected chi connectivity index (χ2v) is 8.66. The molecule has 0 amide bonds. The average molecular weight is 275 g/mol. The first kappa shape index (κ1) is 13.2. The van der Waals surface area contributed by atoms with E-state index < -0.39 is 0 Å². The summed E-state index contributed by atoms with van der Waals surface area (Å²) in [7, 11) is 0.153. The maximum Gasteiger partial charge on any atom is 0.217 e. The van der Waals surface area contributed by atoms with Crippen molar-refractivity contribution in [1.29, 1.82) is 0 Å². The van der Waals surface area contributed by atoms with Crippen molar-refractivity contribution >= 4 is 16.7 Å². The Morgan fingerprint density at radius 1 is 1.16 bits per heavy atom. The van der Waals surface area contributed by atoms with Gasteiger partial charge in [0.2, 0.25) is 5.78 Å². The highest BCUT2D eigenvalue weighted by Crippen LogP contribution is 2.37. The third kappa shape index (κ3) is 2.47. The zero-order valence-corrected chi connectivity index (χ0v) is 12.8. The van der Waals surface area contributed by atoms with Crippen molar-refractivity contribution < 1.29 is 4.79 Å². The van der Waals surface area contributed by atoms with Crippen LogP contribution in [0.4, 0.5) is 0 Å². The minimum Gasteiger partial charge on any atom is -0.289 e. The standard InChI is InChI=1S/C17H23OS/c1-12(2)19-11-16(18)15-10-14(8-9-17(15)19)13-6-4-3-5-7-13/h8-10,12-13H,3-7,11H2,1-2H3/q+1. The lowest BCUT2D eigenvalue weighted by Crippen LogP contribution is -2.16. The molecule has 0 bridgehead atoms. The van der Waals surface area contributed by atoms with Crippen molar-refractivity contribution in [3.05, 3.63) is 29.3 Å². The Morgan fingerprint density at radius 2 is 1.89 bits per heavy atom. The van der Waals surface area contributed by atoms with Gasteiger partial charge in [-0.3, -0.25) is 4.79 Å². The topological polar surface area (TPSA) is 17.1 Å². The summed E-state index contributed by atoms with van der Waals surface area (Å²) in [5.41, 5.74) is 2.46. The van der Waals surface area contributed by atoms with E-state index in [1.54, 1.807) is 0 Å². The van der Waals surface area contributed by atoms with Crippen molar-refractivity contribution in [3.63, 3.8) is 0 Å². The molecular weight excluding hydrogens is 252 g/mol. The molecule has 2 heteroatoms. The number of ketones is 1. The molecule has 2 aliphatic rings. The SMILES string of the molecule is CC(C)[S+]1CC(=O)c2cc(C3CCCCC3)ccc21. The van der Waals surface area contributed by atoms with Crippen LogP contribution in [-0.4, -0.2) is 16.8 Å². The van der Waals surface area contributed by atoms with Gasteiger partial charge < -0.3 is 0 Å². The van der Waals surface area contributed by atoms with Crippen LogP contribution in [0.25, 0.3) is 0 Å². The van der Waals surface area contributed by atoms with Crippen LogP contribution in [0.15, 0.2) is 23.1 Å². The molecule has 1 fully saturated rings. The van der Waals surface area contributed by atoms with Gasteiger partial charge in [-0.2, -0.15) is 0 Å². The zero-order chi connectivity index (χ0) is 13.4. The van der Waals surface area contributed by atoms with Gasteiger partial charge in [-0.15, -0.1) is 0 Å². The second kappa shape index (κ2) is 5.32. The van der Waals surface area contributed by atoms with Crippen molar-refractivity contribution in [2.24, 2.45) is 0 Å². The Morgan fingerprint density at radius 3 is 2.58 bits per heavy atom. The molecular formula is C17H23OS+. The number of benzene rings is 1. The predicted octanol–water partition coefficient (Wildman–Crippen LogP) is 4.32. The van der Waals surface area contributed by atoms with E-state index in [1.165, 1.54) is 42.6 Å². The Kier molecular flexibility index (Phi) is 3.70. The highest BCUT2D eigenvalue weighted by molar-refractivity contribution is 7.98. The van der Waals surface area contributed by atoms with Crippen molar-refractivity contribution in [1.82, 2.24) is 0 Å². The Hall–Kier alpha value is -0.760. The van der Waals surface area contributed by atoms with Gasteiger partial charge in [0.05, 0.1) is 5.56 Å². The fraction of sp³-hybridized carbons (Fsp3) is 0.588. The number of carbonyl (C=O) groups excluding carboxylic acids is 1. The summed E-state index contributed by atoms with van der Waals surface area (Å²) in [6.45, 7) is 4.47. The summed E-state index contributed by atoms with van der Waals surface area (Å²) < 4.78 is 0. The van der Waals surface area contributed by atoms with Crippen LogP contribution in [0.2, 0.25) is 0 Å². The average Bonchev–Trinajstić information content (AvgIpc) is 2.77. The second-order valence-electron chi connectivity index (χ2n) is 6.14. The molecule has 1 aliphatic carbocycles. The van der Waals surface area contributed by atoms with Crippen molar-refractivity contribution in [3.8, 4) is 0 Å². The summed E-state index contributed by atoms with van der Waals surface area (Å²) in [5.74, 6) is 1.83. The van der Waals surface area contributed by atoms with E-state index in [2.05, 4.69) is 32.0 Å². The van der Waals surface area contributed by atoms with Gasteiger partial charge in [-0.05, 0) is 50.3 Å². The zero-order valence-electron chi connectivity index (χ0n) is 11.9. The molecule has 1 saturated carbocycles. The van der Waals surface area contributed by atoms with E-state index in [4.69, 9.17) is 0 Å². The quantitative estimate of drug-likeness (QED) is 0.735. The molecule has 1 heterocycles. The van der Waals surface area contributed by atoms with Gasteiger partial charge >= 0.3 is 0 Å². The van der Waals surface area contributed by atoms with Crippen LogP contribution in [0.5, 0.6) is 0 Å². The van der Waals surface area contributed by atoms with E-state index in [0.29, 0.717) is 17.0 Å². The maximum atomic E-state index is 12.2. The summed E-state index contributed by atoms with van der Waals surface area (Å²) in [5, 5.41) is 0.589. The molecule has 0 radical (unpaired) electrons. The number of hydrogen-bond acceptors (Lipinski definition) is 1. The normalized spacial score (nSPS) is 23.9. The van der Waals surface area contributed by atoms with Gasteiger partial charge in [0, 0.05) is 10.9 Å². The van der Waals surface area contributed by atoms with Crippen molar-refractivity contribution in [2.75, 3.05) is 5.75 Å². The smallest absolute Gasteiger partial charge is 0.217 e. The first-order chi connectivity index (χ1) is 9.16. The Bertz CT molecular complexity index is 486. The molecule has 0 spiro atoms. The number of carbonyl (C=O) groups is 1. The monoisotopic (exact) mass is 275 g/mol. The number of hydrogen-bond donors (Lipinski definition) is 0. The van der Waals surface area contributed by atoms with Crippen LogP contribution in [-0.2, 0) is 10.9 Å². The summed E-state index contributed by atoms with van der Waals surface area (Å²) in [4.78, 5) is 13.6. The third-order valence-corrected chi connectivity index (χ3v) is 7.15. The molecule has 1 nitrogen and oxygen atoms in total. The molecule has 0 saturated heterocycles. The first-order valence-electron chi connectivity index (χ1n) is 7.53. The van der Waals surface area contributed by atoms with E-state index in [0.717, 1.165) is 11.3 Å². The van der Waals surface area contributed by atoms with Gasteiger partial charge in [-0.25, -0.2) is 0 Å². The van der Waals surface area contributed by atoms with Gasteiger partial charge in [0.25, 0.3) is 0 Å². The molecule has 1 aliphatic heterocycles. The Labute approximate surface area is 119 Å². The fourth-order valence-electron chi connectivity index (χ4n) is 3.40. The summed E-state index contributed by atoms with van der Waals surface area (Å²) >= 11 is 0. The summed E-state index contributed by atoms with van der Waals surface area (Å²) in [6.07, 6.45) is 6.71. The third-order valence-electron chi connectivity index (χ3n) is 4.52. The largest absolute Gasteiger partial charge is 0.289 e. The fourth-order valence-corrected chi connectivity index (χ4v) is 5.53. The highest BCUT2D eigenvalue weighted by Gasteiger charge is 2.40. The molecule has 1 atom stereocenters. The van der Waals surface area contributed by atoms with Crippen LogP contribution in [0.1, 0.15) is 67.8 Å². The molecule has 1 unspecified atom stereocenters. The predicted molar refractivity (Wildman–Crippen MR) is 82.2 cm³/mol. The molecule has 0 N–H and O–H groups in total. The van der Waals surface area contributed by atoms with Gasteiger partial charge in [0.15, 0.2) is 10.6 Å². The molecule has 3 rings (SSSR count). The Balaban J connectivity index is 1.91. The number of Topliss-reactive ketones (excluding diaryl/α,β-unsaturated/α-hetero) is 1. The minimum absolute atomic E-state index is 0.153. The molecule has 1 aromatic carbocycles. The van der Waals surface area contributed by atoms with Crippen LogP contribution in [0.3, 0.4) is 0 Å². The van der Waals surface area contributed by atoms with Gasteiger partial charge in [0.1, 0.15) is 5.25 Å². The van der Waals surface area contributed by atoms with Gasteiger partial charge in [-0.1, -0.05) is 25.3 Å². The number of fused-ring (bicyclic) bond motifs is 1. The number of rotatable bonds is 2.